The van der Waals surface area contributed by atoms with Gasteiger partial charge >= 0.3 is 0 Å². The first-order chi connectivity index (χ1) is 7.29. The Morgan fingerprint density at radius 2 is 2.13 bits per heavy atom. The highest BCUT2D eigenvalue weighted by Gasteiger charge is 2.06. The predicted molar refractivity (Wildman–Crippen MR) is 51.5 cm³/mol. The summed E-state index contributed by atoms with van der Waals surface area (Å²) in [5, 5.41) is 15.1. The summed E-state index contributed by atoms with van der Waals surface area (Å²) in [6, 6.07) is 6.50. The van der Waals surface area contributed by atoms with Gasteiger partial charge < -0.3 is 5.11 Å². The van der Waals surface area contributed by atoms with Crippen molar-refractivity contribution in [2.75, 3.05) is 0 Å². The fourth-order valence-electron chi connectivity index (χ4n) is 1.31. The van der Waals surface area contributed by atoms with Gasteiger partial charge in [-0.25, -0.2) is 9.37 Å². The average molecular weight is 207 g/mol. The third-order valence-corrected chi connectivity index (χ3v) is 2.04. The lowest BCUT2D eigenvalue weighted by molar-refractivity contribution is 0.272. The van der Waals surface area contributed by atoms with Crippen molar-refractivity contribution in [1.82, 2.24) is 15.2 Å². The fraction of sp³-hybridized carbons (Fsp3) is 0.200. The molecule has 0 atom stereocenters. The molecule has 1 aromatic heterocycles. The van der Waals surface area contributed by atoms with Crippen LogP contribution in [0.2, 0.25) is 0 Å². The molecule has 4 nitrogen and oxygen atoms in total. The maximum Gasteiger partial charge on any atom is 0.176 e. The van der Waals surface area contributed by atoms with E-state index in [1.54, 1.807) is 18.2 Å². The lowest BCUT2D eigenvalue weighted by Gasteiger charge is -1.98. The van der Waals surface area contributed by atoms with Crippen LogP contribution in [-0.4, -0.2) is 20.3 Å². The number of aromatic nitrogens is 3. The Morgan fingerprint density at radius 1 is 1.33 bits per heavy atom. The molecule has 0 unspecified atom stereocenters. The molecule has 2 N–H and O–H groups in total. The average Bonchev–Trinajstić information content (AvgIpc) is 2.69. The molecular formula is C10H10FN3O. The molecule has 1 aromatic carbocycles. The summed E-state index contributed by atoms with van der Waals surface area (Å²) >= 11 is 0. The van der Waals surface area contributed by atoms with Crippen molar-refractivity contribution in [2.24, 2.45) is 0 Å². The number of hydrogen-bond donors (Lipinski definition) is 2. The topological polar surface area (TPSA) is 61.8 Å². The Balaban J connectivity index is 2.18. The molecule has 0 aliphatic heterocycles. The normalized spacial score (nSPS) is 10.5. The number of benzene rings is 1. The predicted octanol–water partition coefficient (Wildman–Crippen LogP) is 1.03. The highest BCUT2D eigenvalue weighted by molar-refractivity contribution is 5.20. The lowest BCUT2D eigenvalue weighted by Crippen LogP contribution is -1.94. The van der Waals surface area contributed by atoms with Crippen molar-refractivity contribution in [3.63, 3.8) is 0 Å². The Labute approximate surface area is 85.8 Å². The zero-order valence-electron chi connectivity index (χ0n) is 7.94. The van der Waals surface area contributed by atoms with E-state index >= 15 is 0 Å². The summed E-state index contributed by atoms with van der Waals surface area (Å²) < 4.78 is 13.3. The van der Waals surface area contributed by atoms with Gasteiger partial charge in [0.05, 0.1) is 0 Å². The number of halogens is 1. The maximum atomic E-state index is 13.3. The molecule has 0 radical (unpaired) electrons. The molecule has 0 aliphatic rings. The third kappa shape index (κ3) is 2.19. The number of rotatable bonds is 3. The second-order valence-electron chi connectivity index (χ2n) is 3.12. The molecule has 2 rings (SSSR count). The SMILES string of the molecule is OCc1n[nH]c(Cc2ccccc2F)n1. The Kier molecular flexibility index (Phi) is 2.73. The van der Waals surface area contributed by atoms with Crippen LogP contribution in [0.25, 0.3) is 0 Å². The van der Waals surface area contributed by atoms with Gasteiger partial charge in [0, 0.05) is 6.42 Å². The van der Waals surface area contributed by atoms with E-state index in [-0.39, 0.29) is 12.4 Å². The molecule has 0 saturated heterocycles. The van der Waals surface area contributed by atoms with E-state index in [2.05, 4.69) is 15.2 Å². The van der Waals surface area contributed by atoms with E-state index in [9.17, 15) is 4.39 Å². The molecule has 0 bridgehead atoms. The largest absolute Gasteiger partial charge is 0.388 e. The van der Waals surface area contributed by atoms with Gasteiger partial charge in [-0.2, -0.15) is 5.10 Å². The number of nitrogens with zero attached hydrogens (tertiary/aromatic N) is 2. The van der Waals surface area contributed by atoms with Crippen LogP contribution in [0.5, 0.6) is 0 Å². The highest BCUT2D eigenvalue weighted by Crippen LogP contribution is 2.10. The maximum absolute atomic E-state index is 13.3. The van der Waals surface area contributed by atoms with Gasteiger partial charge in [0.25, 0.3) is 0 Å². The van der Waals surface area contributed by atoms with Gasteiger partial charge in [0.2, 0.25) is 0 Å². The summed E-state index contributed by atoms with van der Waals surface area (Å²) in [6.07, 6.45) is 0.347. The van der Waals surface area contributed by atoms with E-state index < -0.39 is 0 Å². The molecule has 15 heavy (non-hydrogen) atoms. The summed E-state index contributed by atoms with van der Waals surface area (Å²) in [6.45, 7) is -0.215. The molecule has 2 aromatic rings. The second-order valence-corrected chi connectivity index (χ2v) is 3.12. The van der Waals surface area contributed by atoms with Crippen molar-refractivity contribution >= 4 is 0 Å². The van der Waals surface area contributed by atoms with Crippen LogP contribution in [0.1, 0.15) is 17.2 Å². The van der Waals surface area contributed by atoms with Gasteiger partial charge in [0.15, 0.2) is 5.82 Å². The molecule has 5 heteroatoms. The van der Waals surface area contributed by atoms with Gasteiger partial charge in [-0.15, -0.1) is 0 Å². The van der Waals surface area contributed by atoms with Gasteiger partial charge in [0.1, 0.15) is 18.2 Å². The standard InChI is InChI=1S/C10H10FN3O/c11-8-4-2-1-3-7(8)5-9-12-10(6-15)14-13-9/h1-4,15H,5-6H2,(H,12,13,14). The molecule has 0 amide bonds. The van der Waals surface area contributed by atoms with Crippen molar-refractivity contribution in [1.29, 1.82) is 0 Å². The Morgan fingerprint density at radius 3 is 2.80 bits per heavy atom. The number of aliphatic hydroxyl groups is 1. The molecule has 78 valence electrons. The van der Waals surface area contributed by atoms with E-state index in [0.29, 0.717) is 23.6 Å². The molecule has 0 aliphatic carbocycles. The molecule has 0 saturated carbocycles. The van der Waals surface area contributed by atoms with Gasteiger partial charge in [-0.1, -0.05) is 18.2 Å². The minimum absolute atomic E-state index is 0.215. The van der Waals surface area contributed by atoms with Gasteiger partial charge in [-0.05, 0) is 11.6 Å². The second kappa shape index (κ2) is 4.18. The first-order valence-corrected chi connectivity index (χ1v) is 4.54. The number of aliphatic hydroxyl groups excluding tert-OH is 1. The van der Waals surface area contributed by atoms with Crippen molar-refractivity contribution in [2.45, 2.75) is 13.0 Å². The highest BCUT2D eigenvalue weighted by atomic mass is 19.1. The van der Waals surface area contributed by atoms with E-state index in [1.807, 2.05) is 0 Å². The number of aromatic amines is 1. The van der Waals surface area contributed by atoms with Crippen molar-refractivity contribution in [3.8, 4) is 0 Å². The van der Waals surface area contributed by atoms with Crippen LogP contribution in [0.15, 0.2) is 24.3 Å². The number of H-pyrrole nitrogens is 1. The van der Waals surface area contributed by atoms with Crippen LogP contribution in [-0.2, 0) is 13.0 Å². The quantitative estimate of drug-likeness (QED) is 0.790. The first kappa shape index (κ1) is 9.79. The van der Waals surface area contributed by atoms with E-state index in [1.165, 1.54) is 6.07 Å². The van der Waals surface area contributed by atoms with Crippen LogP contribution < -0.4 is 0 Å². The molecule has 0 spiro atoms. The number of nitrogens with one attached hydrogen (secondary N) is 1. The fourth-order valence-corrected chi connectivity index (χ4v) is 1.31. The van der Waals surface area contributed by atoms with Gasteiger partial charge in [-0.3, -0.25) is 5.10 Å². The minimum atomic E-state index is -0.264. The minimum Gasteiger partial charge on any atom is -0.388 e. The summed E-state index contributed by atoms with van der Waals surface area (Å²) in [5.41, 5.74) is 0.554. The van der Waals surface area contributed by atoms with Crippen LogP contribution >= 0.6 is 0 Å². The zero-order chi connectivity index (χ0) is 10.7. The molecule has 0 fully saturated rings. The van der Waals surface area contributed by atoms with Crippen molar-refractivity contribution < 1.29 is 9.50 Å². The molecule has 1 heterocycles. The Hall–Kier alpha value is -1.75. The Bertz CT molecular complexity index is 455. The zero-order valence-corrected chi connectivity index (χ0v) is 7.94. The van der Waals surface area contributed by atoms with Crippen molar-refractivity contribution in [3.05, 3.63) is 47.3 Å². The van der Waals surface area contributed by atoms with E-state index in [0.717, 1.165) is 0 Å². The van der Waals surface area contributed by atoms with Crippen LogP contribution in [0, 0.1) is 5.82 Å². The summed E-state index contributed by atoms with van der Waals surface area (Å²) in [4.78, 5) is 3.98. The summed E-state index contributed by atoms with van der Waals surface area (Å²) in [5.74, 6) is 0.602. The van der Waals surface area contributed by atoms with Crippen LogP contribution in [0.3, 0.4) is 0 Å². The monoisotopic (exact) mass is 207 g/mol. The lowest BCUT2D eigenvalue weighted by atomic mass is 10.1. The molecular weight excluding hydrogens is 197 g/mol. The smallest absolute Gasteiger partial charge is 0.176 e. The third-order valence-electron chi connectivity index (χ3n) is 2.04. The first-order valence-electron chi connectivity index (χ1n) is 4.54. The summed E-state index contributed by atoms with van der Waals surface area (Å²) in [7, 11) is 0. The number of hydrogen-bond acceptors (Lipinski definition) is 3. The van der Waals surface area contributed by atoms with Crippen LogP contribution in [0.4, 0.5) is 4.39 Å². The van der Waals surface area contributed by atoms with E-state index in [4.69, 9.17) is 5.11 Å².